The van der Waals surface area contributed by atoms with Crippen molar-refractivity contribution in [3.63, 3.8) is 0 Å². The molecule has 0 aliphatic carbocycles. The highest BCUT2D eigenvalue weighted by Crippen LogP contribution is 2.28. The zero-order chi connectivity index (χ0) is 17.9. The number of hydrogen-bond donors (Lipinski definition) is 2. The van der Waals surface area contributed by atoms with Crippen LogP contribution in [0.15, 0.2) is 36.4 Å². The van der Waals surface area contributed by atoms with Crippen LogP contribution in [-0.2, 0) is 9.53 Å². The van der Waals surface area contributed by atoms with E-state index >= 15 is 0 Å². The summed E-state index contributed by atoms with van der Waals surface area (Å²) >= 11 is 11.7. The molecule has 0 spiro atoms. The highest BCUT2D eigenvalue weighted by atomic mass is 35.5. The summed E-state index contributed by atoms with van der Waals surface area (Å²) in [4.78, 5) is 24.3. The minimum Gasteiger partial charge on any atom is -0.449 e. The van der Waals surface area contributed by atoms with Gasteiger partial charge in [0, 0.05) is 10.7 Å². The van der Waals surface area contributed by atoms with Crippen molar-refractivity contribution in [1.29, 1.82) is 0 Å². The van der Waals surface area contributed by atoms with E-state index in [0.717, 1.165) is 5.56 Å². The number of benzene rings is 2. The average molecular weight is 367 g/mol. The fourth-order valence-electron chi connectivity index (χ4n) is 1.91. The summed E-state index contributed by atoms with van der Waals surface area (Å²) in [5.74, 6) is -1.23. The fourth-order valence-corrected chi connectivity index (χ4v) is 2.41. The molecule has 2 aromatic carbocycles. The van der Waals surface area contributed by atoms with Gasteiger partial charge in [-0.3, -0.25) is 4.79 Å². The highest BCUT2D eigenvalue weighted by molar-refractivity contribution is 6.37. The molecule has 1 atom stereocenters. The van der Waals surface area contributed by atoms with Gasteiger partial charge >= 0.3 is 5.97 Å². The van der Waals surface area contributed by atoms with Gasteiger partial charge in [0.05, 0.1) is 16.3 Å². The van der Waals surface area contributed by atoms with Gasteiger partial charge in [0.25, 0.3) is 5.91 Å². The Kier molecular flexibility index (Phi) is 5.70. The molecule has 3 N–H and O–H groups in total. The molecule has 2 aromatic rings. The molecule has 7 heteroatoms. The molecule has 0 fully saturated rings. The van der Waals surface area contributed by atoms with E-state index < -0.39 is 18.0 Å². The maximum absolute atomic E-state index is 12.2. The van der Waals surface area contributed by atoms with E-state index in [1.54, 1.807) is 12.1 Å². The van der Waals surface area contributed by atoms with Gasteiger partial charge in [-0.2, -0.15) is 0 Å². The van der Waals surface area contributed by atoms with E-state index in [4.69, 9.17) is 33.7 Å². The predicted octanol–water partition coefficient (Wildman–Crippen LogP) is 4.07. The van der Waals surface area contributed by atoms with Gasteiger partial charge in [0.15, 0.2) is 6.10 Å². The fraction of sp³-hybridized carbons (Fsp3) is 0.176. The van der Waals surface area contributed by atoms with Crippen molar-refractivity contribution in [3.8, 4) is 0 Å². The van der Waals surface area contributed by atoms with E-state index in [1.165, 1.54) is 19.1 Å². The van der Waals surface area contributed by atoms with Crippen molar-refractivity contribution in [1.82, 2.24) is 0 Å². The number of anilines is 2. The van der Waals surface area contributed by atoms with Gasteiger partial charge in [-0.25, -0.2) is 4.79 Å². The van der Waals surface area contributed by atoms with Crippen LogP contribution in [-0.4, -0.2) is 18.0 Å². The van der Waals surface area contributed by atoms with Crippen molar-refractivity contribution in [3.05, 3.63) is 57.6 Å². The van der Waals surface area contributed by atoms with Gasteiger partial charge in [-0.05, 0) is 38.1 Å². The second kappa shape index (κ2) is 7.55. The maximum Gasteiger partial charge on any atom is 0.341 e. The van der Waals surface area contributed by atoms with E-state index in [0.29, 0.717) is 5.69 Å². The minimum atomic E-state index is -1.02. The van der Waals surface area contributed by atoms with Crippen molar-refractivity contribution >= 4 is 46.5 Å². The normalized spacial score (nSPS) is 11.7. The summed E-state index contributed by atoms with van der Waals surface area (Å²) < 4.78 is 5.14. The molecule has 0 saturated carbocycles. The first-order valence-corrected chi connectivity index (χ1v) is 7.86. The number of halogens is 2. The van der Waals surface area contributed by atoms with Crippen LogP contribution in [0.25, 0.3) is 0 Å². The molecular weight excluding hydrogens is 351 g/mol. The van der Waals surface area contributed by atoms with Gasteiger partial charge in [-0.1, -0.05) is 40.9 Å². The third kappa shape index (κ3) is 4.40. The first-order valence-electron chi connectivity index (χ1n) is 7.11. The molecule has 0 aromatic heterocycles. The lowest BCUT2D eigenvalue weighted by Gasteiger charge is -2.15. The molecular formula is C17H16Cl2N2O3. The lowest BCUT2D eigenvalue weighted by atomic mass is 10.2. The lowest BCUT2D eigenvalue weighted by Crippen LogP contribution is -2.30. The number of carbonyl (C=O) groups excluding carboxylic acids is 2. The number of esters is 1. The van der Waals surface area contributed by atoms with Crippen LogP contribution >= 0.6 is 23.2 Å². The van der Waals surface area contributed by atoms with E-state index in [-0.39, 0.29) is 21.3 Å². The summed E-state index contributed by atoms with van der Waals surface area (Å²) in [6.45, 7) is 3.40. The Labute approximate surface area is 149 Å². The molecule has 0 bridgehead atoms. The third-order valence-corrected chi connectivity index (χ3v) is 3.82. The van der Waals surface area contributed by atoms with Crippen molar-refractivity contribution < 1.29 is 14.3 Å². The Morgan fingerprint density at radius 3 is 2.42 bits per heavy atom. The zero-order valence-corrected chi connectivity index (χ0v) is 14.6. The number of nitrogens with two attached hydrogens (primary N) is 1. The van der Waals surface area contributed by atoms with Gasteiger partial charge in [0.1, 0.15) is 0 Å². The highest BCUT2D eigenvalue weighted by Gasteiger charge is 2.22. The zero-order valence-electron chi connectivity index (χ0n) is 13.1. The number of ether oxygens (including phenoxy) is 1. The smallest absolute Gasteiger partial charge is 0.341 e. The monoisotopic (exact) mass is 366 g/mol. The van der Waals surface area contributed by atoms with E-state index in [9.17, 15) is 9.59 Å². The summed E-state index contributed by atoms with van der Waals surface area (Å²) in [5, 5.41) is 3.06. The van der Waals surface area contributed by atoms with Crippen molar-refractivity contribution in [2.24, 2.45) is 0 Å². The van der Waals surface area contributed by atoms with E-state index in [1.807, 2.05) is 19.1 Å². The SMILES string of the molecule is Cc1ccc(NC(=O)[C@H](C)OC(=O)c2cc(Cl)cc(Cl)c2N)cc1. The molecule has 0 aliphatic heterocycles. The number of rotatable bonds is 4. The molecule has 0 saturated heterocycles. The Morgan fingerprint density at radius 2 is 1.79 bits per heavy atom. The molecule has 2 rings (SSSR count). The number of carbonyl (C=O) groups is 2. The second-order valence-corrected chi connectivity index (χ2v) is 6.10. The molecule has 126 valence electrons. The Hall–Kier alpha value is -2.24. The Morgan fingerprint density at radius 1 is 1.17 bits per heavy atom. The van der Waals surface area contributed by atoms with Gasteiger partial charge in [-0.15, -0.1) is 0 Å². The number of hydrogen-bond acceptors (Lipinski definition) is 4. The average Bonchev–Trinajstić information content (AvgIpc) is 2.52. The number of nitrogens with one attached hydrogen (secondary N) is 1. The van der Waals surface area contributed by atoms with Gasteiger partial charge in [0.2, 0.25) is 0 Å². The third-order valence-electron chi connectivity index (χ3n) is 3.29. The largest absolute Gasteiger partial charge is 0.449 e. The second-order valence-electron chi connectivity index (χ2n) is 5.25. The topological polar surface area (TPSA) is 81.4 Å². The van der Waals surface area contributed by atoms with Crippen LogP contribution in [0.4, 0.5) is 11.4 Å². The molecule has 1 amide bonds. The standard InChI is InChI=1S/C17H16Cl2N2O3/c1-9-3-5-12(6-4-9)21-16(22)10(2)24-17(23)13-7-11(18)8-14(19)15(13)20/h3-8,10H,20H2,1-2H3,(H,21,22)/t10-/m0/s1. The Balaban J connectivity index is 2.06. The van der Waals surface area contributed by atoms with Crippen LogP contribution in [0, 0.1) is 6.92 Å². The molecule has 0 unspecified atom stereocenters. The summed E-state index contributed by atoms with van der Waals surface area (Å²) in [5.41, 5.74) is 7.50. The van der Waals surface area contributed by atoms with Crippen LogP contribution in [0.2, 0.25) is 10.0 Å². The quantitative estimate of drug-likeness (QED) is 0.631. The van der Waals surface area contributed by atoms with Crippen LogP contribution < -0.4 is 11.1 Å². The van der Waals surface area contributed by atoms with Crippen molar-refractivity contribution in [2.45, 2.75) is 20.0 Å². The van der Waals surface area contributed by atoms with E-state index in [2.05, 4.69) is 5.32 Å². The summed E-state index contributed by atoms with van der Waals surface area (Å²) in [6.07, 6.45) is -1.02. The minimum absolute atomic E-state index is 0.0162. The molecule has 24 heavy (non-hydrogen) atoms. The van der Waals surface area contributed by atoms with Crippen LogP contribution in [0.1, 0.15) is 22.8 Å². The number of amides is 1. The first-order chi connectivity index (χ1) is 11.3. The molecule has 0 radical (unpaired) electrons. The molecule has 0 heterocycles. The molecule has 5 nitrogen and oxygen atoms in total. The lowest BCUT2D eigenvalue weighted by molar-refractivity contribution is -0.123. The van der Waals surface area contributed by atoms with Crippen LogP contribution in [0.5, 0.6) is 0 Å². The van der Waals surface area contributed by atoms with Crippen molar-refractivity contribution in [2.75, 3.05) is 11.1 Å². The van der Waals surface area contributed by atoms with Crippen LogP contribution in [0.3, 0.4) is 0 Å². The predicted molar refractivity (Wildman–Crippen MR) is 95.6 cm³/mol. The number of nitrogen functional groups attached to an aromatic ring is 1. The first kappa shape index (κ1) is 18.1. The molecule has 0 aliphatic rings. The summed E-state index contributed by atoms with van der Waals surface area (Å²) in [7, 11) is 0. The number of aryl methyl sites for hydroxylation is 1. The summed E-state index contributed by atoms with van der Waals surface area (Å²) in [6, 6.07) is 10.0. The maximum atomic E-state index is 12.2. The Bertz CT molecular complexity index is 776. The van der Waals surface area contributed by atoms with Gasteiger partial charge < -0.3 is 15.8 Å².